The highest BCUT2D eigenvalue weighted by Crippen LogP contribution is 2.10. The summed E-state index contributed by atoms with van der Waals surface area (Å²) in [7, 11) is 0. The van der Waals surface area contributed by atoms with Crippen LogP contribution in [0, 0.1) is 5.92 Å². The van der Waals surface area contributed by atoms with Crippen LogP contribution in [-0.4, -0.2) is 23.2 Å². The average molecular weight is 225 g/mol. The Balaban J connectivity index is 2.04. The van der Waals surface area contributed by atoms with E-state index in [0.717, 1.165) is 25.4 Å². The molecule has 0 fully saturated rings. The summed E-state index contributed by atoms with van der Waals surface area (Å²) in [6.45, 7) is 6.53. The largest absolute Gasteiger partial charge is 0.340 e. The molecule has 0 bridgehead atoms. The zero-order valence-corrected chi connectivity index (χ0v) is 10.4. The molecule has 0 radical (unpaired) electrons. The average Bonchev–Trinajstić information content (AvgIpc) is 2.81. The molecule has 0 aliphatic carbocycles. The fraction of sp³-hybridized carbons (Fsp3) is 0.833. The van der Waals surface area contributed by atoms with E-state index in [-0.39, 0.29) is 0 Å². The van der Waals surface area contributed by atoms with Crippen molar-refractivity contribution in [1.82, 2.24) is 15.5 Å². The van der Waals surface area contributed by atoms with Crippen molar-refractivity contribution in [2.24, 2.45) is 5.92 Å². The molecule has 1 N–H and O–H groups in total. The minimum Gasteiger partial charge on any atom is -0.340 e. The molecule has 1 atom stereocenters. The first-order chi connectivity index (χ1) is 7.86. The van der Waals surface area contributed by atoms with Gasteiger partial charge in [0.25, 0.3) is 0 Å². The first-order valence-electron chi connectivity index (χ1n) is 6.33. The highest BCUT2D eigenvalue weighted by Gasteiger charge is 2.05. The summed E-state index contributed by atoms with van der Waals surface area (Å²) >= 11 is 0. The Morgan fingerprint density at radius 1 is 1.44 bits per heavy atom. The van der Waals surface area contributed by atoms with Gasteiger partial charge in [0.2, 0.25) is 5.89 Å². The lowest BCUT2D eigenvalue weighted by Gasteiger charge is -2.14. The molecule has 0 saturated carbocycles. The van der Waals surface area contributed by atoms with E-state index >= 15 is 0 Å². The first-order valence-corrected chi connectivity index (χ1v) is 6.33. The van der Waals surface area contributed by atoms with Gasteiger partial charge in [-0.1, -0.05) is 38.3 Å². The quantitative estimate of drug-likeness (QED) is 0.656. The van der Waals surface area contributed by atoms with Crippen molar-refractivity contribution in [1.29, 1.82) is 0 Å². The van der Waals surface area contributed by atoms with E-state index in [9.17, 15) is 0 Å². The van der Waals surface area contributed by atoms with Gasteiger partial charge in [0.1, 0.15) is 0 Å². The lowest BCUT2D eigenvalue weighted by molar-refractivity contribution is 0.368. The van der Waals surface area contributed by atoms with E-state index in [1.165, 1.54) is 32.0 Å². The van der Waals surface area contributed by atoms with Gasteiger partial charge in [-0.2, -0.15) is 4.98 Å². The van der Waals surface area contributed by atoms with Crippen molar-refractivity contribution in [2.75, 3.05) is 13.1 Å². The highest BCUT2D eigenvalue weighted by molar-refractivity contribution is 4.75. The van der Waals surface area contributed by atoms with Crippen LogP contribution in [0.25, 0.3) is 0 Å². The van der Waals surface area contributed by atoms with Crippen LogP contribution in [0.15, 0.2) is 10.9 Å². The van der Waals surface area contributed by atoms with Gasteiger partial charge >= 0.3 is 0 Å². The molecule has 0 aliphatic rings. The summed E-state index contributed by atoms with van der Waals surface area (Å²) in [5.74, 6) is 1.52. The molecular formula is C12H23N3O. The van der Waals surface area contributed by atoms with E-state index < -0.39 is 0 Å². The van der Waals surface area contributed by atoms with Crippen LogP contribution in [0.1, 0.15) is 45.4 Å². The molecule has 1 aromatic heterocycles. The monoisotopic (exact) mass is 225 g/mol. The molecule has 0 spiro atoms. The number of nitrogens with one attached hydrogen (secondary N) is 1. The third-order valence-corrected chi connectivity index (χ3v) is 2.90. The number of hydrogen-bond acceptors (Lipinski definition) is 4. The third-order valence-electron chi connectivity index (χ3n) is 2.90. The predicted octanol–water partition coefficient (Wildman–Crippen LogP) is 2.42. The first kappa shape index (κ1) is 13.2. The number of hydrogen-bond donors (Lipinski definition) is 1. The molecule has 0 aromatic carbocycles. The summed E-state index contributed by atoms with van der Waals surface area (Å²) < 4.78 is 4.93. The Kier molecular flexibility index (Phi) is 6.81. The van der Waals surface area contributed by atoms with Gasteiger partial charge in [-0.05, 0) is 18.9 Å². The zero-order chi connectivity index (χ0) is 11.6. The standard InChI is InChI=1S/C12H23N3O/c1-3-5-6-11(4-2)9-13-8-7-12-14-10-15-16-12/h10-11,13H,3-9H2,1-2H3. The second-order valence-electron chi connectivity index (χ2n) is 4.21. The van der Waals surface area contributed by atoms with E-state index in [2.05, 4.69) is 29.3 Å². The summed E-state index contributed by atoms with van der Waals surface area (Å²) in [5, 5.41) is 7.03. The minimum atomic E-state index is 0.717. The van der Waals surface area contributed by atoms with Crippen LogP contribution in [0.4, 0.5) is 0 Å². The summed E-state index contributed by atoms with van der Waals surface area (Å²) in [5.41, 5.74) is 0. The lowest BCUT2D eigenvalue weighted by atomic mass is 9.99. The van der Waals surface area contributed by atoms with Crippen LogP contribution in [0.2, 0.25) is 0 Å². The Hall–Kier alpha value is -0.900. The van der Waals surface area contributed by atoms with E-state index in [1.54, 1.807) is 0 Å². The zero-order valence-electron chi connectivity index (χ0n) is 10.4. The van der Waals surface area contributed by atoms with Crippen molar-refractivity contribution in [2.45, 2.75) is 46.0 Å². The highest BCUT2D eigenvalue weighted by atomic mass is 16.5. The van der Waals surface area contributed by atoms with Crippen molar-refractivity contribution >= 4 is 0 Å². The molecule has 4 nitrogen and oxygen atoms in total. The molecule has 0 amide bonds. The van der Waals surface area contributed by atoms with Crippen molar-refractivity contribution in [3.63, 3.8) is 0 Å². The van der Waals surface area contributed by atoms with Crippen LogP contribution < -0.4 is 5.32 Å². The smallest absolute Gasteiger partial charge is 0.227 e. The van der Waals surface area contributed by atoms with Gasteiger partial charge in [-0.3, -0.25) is 0 Å². The van der Waals surface area contributed by atoms with E-state index in [1.807, 2.05) is 0 Å². The Labute approximate surface area is 97.8 Å². The maximum absolute atomic E-state index is 4.93. The van der Waals surface area contributed by atoms with Gasteiger partial charge in [0, 0.05) is 13.0 Å². The van der Waals surface area contributed by atoms with Crippen LogP contribution in [0.5, 0.6) is 0 Å². The van der Waals surface area contributed by atoms with Crippen LogP contribution in [-0.2, 0) is 6.42 Å². The Morgan fingerprint density at radius 2 is 2.31 bits per heavy atom. The molecular weight excluding hydrogens is 202 g/mol. The van der Waals surface area contributed by atoms with Gasteiger partial charge < -0.3 is 9.84 Å². The molecule has 1 unspecified atom stereocenters. The maximum Gasteiger partial charge on any atom is 0.227 e. The van der Waals surface area contributed by atoms with Crippen LogP contribution >= 0.6 is 0 Å². The molecule has 0 aliphatic heterocycles. The summed E-state index contributed by atoms with van der Waals surface area (Å²) in [6.07, 6.45) is 7.49. The topological polar surface area (TPSA) is 51.0 Å². The number of unbranched alkanes of at least 4 members (excludes halogenated alkanes) is 1. The molecule has 1 aromatic rings. The lowest BCUT2D eigenvalue weighted by Crippen LogP contribution is -2.24. The summed E-state index contributed by atoms with van der Waals surface area (Å²) in [6, 6.07) is 0. The molecule has 1 heterocycles. The molecule has 4 heteroatoms. The molecule has 0 saturated heterocycles. The fourth-order valence-electron chi connectivity index (χ4n) is 1.75. The number of aromatic nitrogens is 2. The predicted molar refractivity (Wildman–Crippen MR) is 64.2 cm³/mol. The van der Waals surface area contributed by atoms with Gasteiger partial charge in [0.05, 0.1) is 0 Å². The summed E-state index contributed by atoms with van der Waals surface area (Å²) in [4.78, 5) is 3.98. The molecule has 1 rings (SSSR count). The SMILES string of the molecule is CCCCC(CC)CNCCc1ncno1. The Morgan fingerprint density at radius 3 is 2.94 bits per heavy atom. The second kappa shape index (κ2) is 8.28. The van der Waals surface area contributed by atoms with Gasteiger partial charge in [0.15, 0.2) is 6.33 Å². The normalized spacial score (nSPS) is 12.9. The van der Waals surface area contributed by atoms with Gasteiger partial charge in [-0.25, -0.2) is 0 Å². The molecule has 92 valence electrons. The fourth-order valence-corrected chi connectivity index (χ4v) is 1.75. The van der Waals surface area contributed by atoms with Gasteiger partial charge in [-0.15, -0.1) is 0 Å². The van der Waals surface area contributed by atoms with E-state index in [0.29, 0.717) is 5.89 Å². The maximum atomic E-state index is 4.93. The van der Waals surface area contributed by atoms with Crippen LogP contribution in [0.3, 0.4) is 0 Å². The van der Waals surface area contributed by atoms with Crippen molar-refractivity contribution < 1.29 is 4.52 Å². The Bertz CT molecular complexity index is 249. The van der Waals surface area contributed by atoms with E-state index in [4.69, 9.17) is 4.52 Å². The second-order valence-corrected chi connectivity index (χ2v) is 4.21. The molecule has 16 heavy (non-hydrogen) atoms. The third kappa shape index (κ3) is 5.26. The van der Waals surface area contributed by atoms with Crippen molar-refractivity contribution in [3.05, 3.63) is 12.2 Å². The number of nitrogens with zero attached hydrogens (tertiary/aromatic N) is 2. The minimum absolute atomic E-state index is 0.717. The number of rotatable bonds is 9. The van der Waals surface area contributed by atoms with Crippen molar-refractivity contribution in [3.8, 4) is 0 Å².